The Hall–Kier alpha value is -0.530. The maximum Gasteiger partial charge on any atom is 0.306 e. The zero-order valence-electron chi connectivity index (χ0n) is 7.30. The molecule has 1 heterocycles. The summed E-state index contributed by atoms with van der Waals surface area (Å²) in [5.74, 6) is 0.509. The van der Waals surface area contributed by atoms with Crippen LogP contribution in [0, 0.1) is 5.92 Å². The number of carbonyl (C=O) groups excluding carboxylic acids is 1. The second-order valence-electron chi connectivity index (χ2n) is 3.45. The van der Waals surface area contributed by atoms with E-state index in [1.54, 1.807) is 0 Å². The van der Waals surface area contributed by atoms with Crippen molar-refractivity contribution in [1.82, 2.24) is 0 Å². The van der Waals surface area contributed by atoms with Crippen molar-refractivity contribution in [3.63, 3.8) is 0 Å². The first kappa shape index (κ1) is 8.57. The van der Waals surface area contributed by atoms with Crippen LogP contribution in [0.4, 0.5) is 0 Å². The molecule has 2 heteroatoms. The summed E-state index contributed by atoms with van der Waals surface area (Å²) in [6, 6.07) is 0. The second kappa shape index (κ2) is 3.74. The summed E-state index contributed by atoms with van der Waals surface area (Å²) >= 11 is 0. The van der Waals surface area contributed by atoms with Gasteiger partial charge in [0.1, 0.15) is 6.10 Å². The molecule has 0 aromatic carbocycles. The summed E-state index contributed by atoms with van der Waals surface area (Å²) in [6.07, 6.45) is 4.00. The normalized spacial score (nSPS) is 31.6. The minimum absolute atomic E-state index is 0.0119. The number of hydrogen-bond acceptors (Lipinski definition) is 2. The van der Waals surface area contributed by atoms with Crippen molar-refractivity contribution in [3.8, 4) is 0 Å². The number of hydrogen-bond donors (Lipinski definition) is 0. The van der Waals surface area contributed by atoms with Gasteiger partial charge in [-0.2, -0.15) is 0 Å². The van der Waals surface area contributed by atoms with Gasteiger partial charge < -0.3 is 4.74 Å². The summed E-state index contributed by atoms with van der Waals surface area (Å²) in [6.45, 7) is 4.23. The lowest BCUT2D eigenvalue weighted by molar-refractivity contribution is -0.156. The highest BCUT2D eigenvalue weighted by Gasteiger charge is 2.24. The molecular weight excluding hydrogens is 140 g/mol. The van der Waals surface area contributed by atoms with Gasteiger partial charge in [-0.05, 0) is 18.8 Å². The Kier molecular flexibility index (Phi) is 2.92. The molecule has 0 aromatic heterocycles. The number of rotatable bonds is 2. The van der Waals surface area contributed by atoms with Crippen LogP contribution in [0.5, 0.6) is 0 Å². The second-order valence-corrected chi connectivity index (χ2v) is 3.45. The van der Waals surface area contributed by atoms with Crippen LogP contribution in [0.1, 0.15) is 39.5 Å². The van der Waals surface area contributed by atoms with E-state index in [4.69, 9.17) is 4.74 Å². The molecule has 11 heavy (non-hydrogen) atoms. The molecule has 1 aliphatic heterocycles. The van der Waals surface area contributed by atoms with Crippen LogP contribution in [0.3, 0.4) is 0 Å². The maximum absolute atomic E-state index is 10.9. The Morgan fingerprint density at radius 3 is 2.91 bits per heavy atom. The number of carbonyl (C=O) groups is 1. The number of ether oxygens (including phenoxy) is 1. The summed E-state index contributed by atoms with van der Waals surface area (Å²) < 4.78 is 5.16. The minimum atomic E-state index is -0.0119. The standard InChI is InChI=1S/C9H16O2/c1-3-4-8-5-7(2)6-9(10)11-8/h7-8H,3-6H2,1-2H3/t7-,8?/m0/s1. The van der Waals surface area contributed by atoms with Gasteiger partial charge in [0, 0.05) is 6.42 Å². The van der Waals surface area contributed by atoms with Gasteiger partial charge in [-0.25, -0.2) is 0 Å². The van der Waals surface area contributed by atoms with E-state index in [0.717, 1.165) is 19.3 Å². The summed E-state index contributed by atoms with van der Waals surface area (Å²) in [5.41, 5.74) is 0. The quantitative estimate of drug-likeness (QED) is 0.572. The number of cyclic esters (lactones) is 1. The highest BCUT2D eigenvalue weighted by Crippen LogP contribution is 2.22. The molecule has 64 valence electrons. The Morgan fingerprint density at radius 2 is 2.36 bits per heavy atom. The molecule has 1 fully saturated rings. The van der Waals surface area contributed by atoms with Gasteiger partial charge >= 0.3 is 5.97 Å². The predicted molar refractivity (Wildman–Crippen MR) is 43.2 cm³/mol. The first-order valence-electron chi connectivity index (χ1n) is 4.41. The van der Waals surface area contributed by atoms with Crippen molar-refractivity contribution in [2.24, 2.45) is 5.92 Å². The van der Waals surface area contributed by atoms with Crippen LogP contribution in [0.2, 0.25) is 0 Å². The van der Waals surface area contributed by atoms with Crippen molar-refractivity contribution in [2.45, 2.75) is 45.6 Å². The van der Waals surface area contributed by atoms with E-state index < -0.39 is 0 Å². The van der Waals surface area contributed by atoms with Gasteiger partial charge in [0.05, 0.1) is 0 Å². The van der Waals surface area contributed by atoms with Crippen molar-refractivity contribution in [2.75, 3.05) is 0 Å². The van der Waals surface area contributed by atoms with E-state index in [9.17, 15) is 4.79 Å². The van der Waals surface area contributed by atoms with Gasteiger partial charge in [-0.1, -0.05) is 20.3 Å². The smallest absolute Gasteiger partial charge is 0.306 e. The lowest BCUT2D eigenvalue weighted by Gasteiger charge is -2.26. The lowest BCUT2D eigenvalue weighted by atomic mass is 9.95. The van der Waals surface area contributed by atoms with E-state index >= 15 is 0 Å². The van der Waals surface area contributed by atoms with E-state index in [2.05, 4.69) is 13.8 Å². The Balaban J connectivity index is 2.36. The van der Waals surface area contributed by atoms with Crippen molar-refractivity contribution >= 4 is 5.97 Å². The van der Waals surface area contributed by atoms with Crippen LogP contribution < -0.4 is 0 Å². The van der Waals surface area contributed by atoms with E-state index in [-0.39, 0.29) is 12.1 Å². The fraction of sp³-hybridized carbons (Fsp3) is 0.889. The molecule has 1 rings (SSSR count). The Labute approximate surface area is 67.9 Å². The zero-order chi connectivity index (χ0) is 8.27. The Morgan fingerprint density at radius 1 is 1.64 bits per heavy atom. The van der Waals surface area contributed by atoms with Crippen LogP contribution >= 0.6 is 0 Å². The summed E-state index contributed by atoms with van der Waals surface area (Å²) in [5, 5.41) is 0. The third-order valence-corrected chi connectivity index (χ3v) is 2.09. The molecule has 0 saturated carbocycles. The monoisotopic (exact) mass is 156 g/mol. The molecule has 2 atom stereocenters. The van der Waals surface area contributed by atoms with Crippen molar-refractivity contribution in [3.05, 3.63) is 0 Å². The maximum atomic E-state index is 10.9. The molecule has 0 amide bonds. The average molecular weight is 156 g/mol. The fourth-order valence-corrected chi connectivity index (χ4v) is 1.60. The largest absolute Gasteiger partial charge is 0.462 e. The van der Waals surface area contributed by atoms with Gasteiger partial charge in [0.15, 0.2) is 0 Å². The highest BCUT2D eigenvalue weighted by molar-refractivity contribution is 5.70. The molecule has 0 radical (unpaired) electrons. The molecule has 0 N–H and O–H groups in total. The highest BCUT2D eigenvalue weighted by atomic mass is 16.5. The van der Waals surface area contributed by atoms with Crippen LogP contribution in [-0.4, -0.2) is 12.1 Å². The third kappa shape index (κ3) is 2.52. The third-order valence-electron chi connectivity index (χ3n) is 2.09. The molecule has 1 aliphatic rings. The zero-order valence-corrected chi connectivity index (χ0v) is 7.30. The average Bonchev–Trinajstić information content (AvgIpc) is 1.85. The van der Waals surface area contributed by atoms with E-state index in [0.29, 0.717) is 12.3 Å². The predicted octanol–water partition coefficient (Wildman–Crippen LogP) is 2.13. The molecule has 0 aromatic rings. The molecule has 1 unspecified atom stereocenters. The number of esters is 1. The molecular formula is C9H16O2. The first-order chi connectivity index (χ1) is 5.22. The van der Waals surface area contributed by atoms with Gasteiger partial charge in [0.2, 0.25) is 0 Å². The molecule has 0 bridgehead atoms. The van der Waals surface area contributed by atoms with E-state index in [1.165, 1.54) is 0 Å². The SMILES string of the molecule is CCCC1C[C@H](C)CC(=O)O1. The van der Waals surface area contributed by atoms with Crippen molar-refractivity contribution in [1.29, 1.82) is 0 Å². The lowest BCUT2D eigenvalue weighted by Crippen LogP contribution is -2.28. The van der Waals surface area contributed by atoms with Crippen LogP contribution in [0.25, 0.3) is 0 Å². The van der Waals surface area contributed by atoms with Gasteiger partial charge in [-0.3, -0.25) is 4.79 Å². The molecule has 1 saturated heterocycles. The van der Waals surface area contributed by atoms with Crippen molar-refractivity contribution < 1.29 is 9.53 Å². The summed E-state index contributed by atoms with van der Waals surface area (Å²) in [4.78, 5) is 10.9. The Bertz CT molecular complexity index is 142. The molecule has 0 spiro atoms. The van der Waals surface area contributed by atoms with Crippen LogP contribution in [-0.2, 0) is 9.53 Å². The fourth-order valence-electron chi connectivity index (χ4n) is 1.60. The van der Waals surface area contributed by atoms with E-state index in [1.807, 2.05) is 0 Å². The van der Waals surface area contributed by atoms with Gasteiger partial charge in [0.25, 0.3) is 0 Å². The first-order valence-corrected chi connectivity index (χ1v) is 4.41. The minimum Gasteiger partial charge on any atom is -0.462 e. The molecule has 2 nitrogen and oxygen atoms in total. The summed E-state index contributed by atoms with van der Waals surface area (Å²) in [7, 11) is 0. The van der Waals surface area contributed by atoms with Gasteiger partial charge in [-0.15, -0.1) is 0 Å². The van der Waals surface area contributed by atoms with Crippen LogP contribution in [0.15, 0.2) is 0 Å². The molecule has 0 aliphatic carbocycles. The topological polar surface area (TPSA) is 26.3 Å².